The van der Waals surface area contributed by atoms with Crippen molar-refractivity contribution in [2.45, 2.75) is 24.4 Å². The van der Waals surface area contributed by atoms with Gasteiger partial charge in [-0.3, -0.25) is 4.79 Å². The molecule has 1 atom stereocenters. The SMILES string of the molecule is COc1cc(CNC(C)C(N)=O)c(SC)cc1OC. The van der Waals surface area contributed by atoms with Crippen LogP contribution in [0.4, 0.5) is 0 Å². The molecule has 0 aliphatic carbocycles. The van der Waals surface area contributed by atoms with Gasteiger partial charge in [-0.25, -0.2) is 0 Å². The number of thioether (sulfide) groups is 1. The molecule has 3 N–H and O–H groups in total. The molecule has 5 nitrogen and oxygen atoms in total. The number of benzene rings is 1. The molecule has 0 aromatic heterocycles. The summed E-state index contributed by atoms with van der Waals surface area (Å²) in [6.07, 6.45) is 1.99. The average Bonchev–Trinajstić information content (AvgIpc) is 2.43. The Kier molecular flexibility index (Phi) is 5.98. The third-order valence-corrected chi connectivity index (χ3v) is 3.63. The van der Waals surface area contributed by atoms with Crippen LogP contribution in [0, 0.1) is 0 Å². The molecule has 1 aromatic rings. The van der Waals surface area contributed by atoms with Gasteiger partial charge in [-0.05, 0) is 30.9 Å². The highest BCUT2D eigenvalue weighted by Gasteiger charge is 2.13. The molecular formula is C13H20N2O3S. The van der Waals surface area contributed by atoms with E-state index in [1.54, 1.807) is 32.9 Å². The second-order valence-electron chi connectivity index (χ2n) is 4.02. The molecular weight excluding hydrogens is 264 g/mol. The Balaban J connectivity index is 2.95. The van der Waals surface area contributed by atoms with Crippen molar-refractivity contribution in [3.8, 4) is 11.5 Å². The number of amides is 1. The van der Waals surface area contributed by atoms with E-state index in [9.17, 15) is 4.79 Å². The largest absolute Gasteiger partial charge is 0.493 e. The van der Waals surface area contributed by atoms with Crippen LogP contribution in [0.15, 0.2) is 17.0 Å². The minimum atomic E-state index is -0.372. The highest BCUT2D eigenvalue weighted by molar-refractivity contribution is 7.98. The van der Waals surface area contributed by atoms with Gasteiger partial charge in [0.2, 0.25) is 5.91 Å². The molecule has 6 heteroatoms. The summed E-state index contributed by atoms with van der Waals surface area (Å²) < 4.78 is 10.5. The fraction of sp³-hybridized carbons (Fsp3) is 0.462. The van der Waals surface area contributed by atoms with E-state index in [4.69, 9.17) is 15.2 Å². The third kappa shape index (κ3) is 4.04. The summed E-state index contributed by atoms with van der Waals surface area (Å²) in [7, 11) is 3.20. The molecule has 0 spiro atoms. The van der Waals surface area contributed by atoms with Gasteiger partial charge in [0.15, 0.2) is 11.5 Å². The number of rotatable bonds is 7. The van der Waals surface area contributed by atoms with Crippen molar-refractivity contribution in [2.75, 3.05) is 20.5 Å². The van der Waals surface area contributed by atoms with Crippen molar-refractivity contribution in [1.29, 1.82) is 0 Å². The Bertz CT molecular complexity index is 452. The molecule has 0 saturated carbocycles. The second-order valence-corrected chi connectivity index (χ2v) is 4.87. The number of nitrogens with one attached hydrogen (secondary N) is 1. The van der Waals surface area contributed by atoms with Crippen LogP contribution in [0.3, 0.4) is 0 Å². The quantitative estimate of drug-likeness (QED) is 0.740. The molecule has 1 amide bonds. The lowest BCUT2D eigenvalue weighted by Gasteiger charge is -2.15. The Morgan fingerprint density at radius 1 is 1.37 bits per heavy atom. The molecule has 0 heterocycles. The first kappa shape index (κ1) is 15.7. The molecule has 0 radical (unpaired) electrons. The molecule has 19 heavy (non-hydrogen) atoms. The number of ether oxygens (including phenoxy) is 2. The van der Waals surface area contributed by atoms with E-state index < -0.39 is 0 Å². The third-order valence-electron chi connectivity index (χ3n) is 2.81. The fourth-order valence-corrected chi connectivity index (χ4v) is 2.21. The van der Waals surface area contributed by atoms with Gasteiger partial charge in [0.05, 0.1) is 20.3 Å². The molecule has 0 aliphatic rings. The first-order valence-electron chi connectivity index (χ1n) is 5.85. The lowest BCUT2D eigenvalue weighted by Crippen LogP contribution is -2.38. The zero-order valence-corrected chi connectivity index (χ0v) is 12.5. The fourth-order valence-electron chi connectivity index (χ4n) is 1.59. The number of carbonyl (C=O) groups is 1. The predicted molar refractivity (Wildman–Crippen MR) is 76.8 cm³/mol. The van der Waals surface area contributed by atoms with Gasteiger partial charge in [-0.2, -0.15) is 0 Å². The highest BCUT2D eigenvalue weighted by Crippen LogP contribution is 2.34. The number of primary amides is 1. The van der Waals surface area contributed by atoms with E-state index in [-0.39, 0.29) is 11.9 Å². The topological polar surface area (TPSA) is 73.6 Å². The summed E-state index contributed by atoms with van der Waals surface area (Å²) in [4.78, 5) is 12.1. The van der Waals surface area contributed by atoms with Crippen LogP contribution in [0.5, 0.6) is 11.5 Å². The molecule has 1 unspecified atom stereocenters. The van der Waals surface area contributed by atoms with Crippen molar-refractivity contribution >= 4 is 17.7 Å². The Labute approximate surface area is 117 Å². The van der Waals surface area contributed by atoms with Crippen LogP contribution in [-0.4, -0.2) is 32.4 Å². The van der Waals surface area contributed by atoms with Gasteiger partial charge in [0.1, 0.15) is 0 Å². The van der Waals surface area contributed by atoms with E-state index in [1.165, 1.54) is 0 Å². The minimum absolute atomic E-state index is 0.369. The number of hydrogen-bond donors (Lipinski definition) is 2. The maximum Gasteiger partial charge on any atom is 0.234 e. The molecule has 1 rings (SSSR count). The van der Waals surface area contributed by atoms with E-state index in [0.29, 0.717) is 18.0 Å². The minimum Gasteiger partial charge on any atom is -0.493 e. The van der Waals surface area contributed by atoms with Gasteiger partial charge < -0.3 is 20.5 Å². The summed E-state index contributed by atoms with van der Waals surface area (Å²) in [5.74, 6) is 0.994. The summed E-state index contributed by atoms with van der Waals surface area (Å²) in [6, 6.07) is 3.46. The number of hydrogen-bond acceptors (Lipinski definition) is 5. The van der Waals surface area contributed by atoms with Gasteiger partial charge in [0, 0.05) is 11.4 Å². The molecule has 0 saturated heterocycles. The number of methoxy groups -OCH3 is 2. The van der Waals surface area contributed by atoms with E-state index in [2.05, 4.69) is 5.32 Å². The Morgan fingerprint density at radius 2 is 1.95 bits per heavy atom. The van der Waals surface area contributed by atoms with E-state index in [1.807, 2.05) is 18.4 Å². The second kappa shape index (κ2) is 7.25. The van der Waals surface area contributed by atoms with Gasteiger partial charge in [0.25, 0.3) is 0 Å². The predicted octanol–water partition coefficient (Wildman–Crippen LogP) is 1.39. The molecule has 0 fully saturated rings. The summed E-state index contributed by atoms with van der Waals surface area (Å²) in [5, 5.41) is 3.08. The zero-order chi connectivity index (χ0) is 14.4. The van der Waals surface area contributed by atoms with E-state index in [0.717, 1.165) is 10.5 Å². The van der Waals surface area contributed by atoms with E-state index >= 15 is 0 Å². The first-order valence-corrected chi connectivity index (χ1v) is 7.07. The zero-order valence-electron chi connectivity index (χ0n) is 11.6. The number of nitrogens with two attached hydrogens (primary N) is 1. The molecule has 106 valence electrons. The average molecular weight is 284 g/mol. The Hall–Kier alpha value is -1.40. The molecule has 1 aromatic carbocycles. The normalized spacial score (nSPS) is 12.0. The lowest BCUT2D eigenvalue weighted by atomic mass is 10.2. The van der Waals surface area contributed by atoms with Crippen LogP contribution >= 0.6 is 11.8 Å². The molecule has 0 bridgehead atoms. The monoisotopic (exact) mass is 284 g/mol. The maximum absolute atomic E-state index is 11.0. The van der Waals surface area contributed by atoms with Crippen molar-refractivity contribution < 1.29 is 14.3 Å². The molecule has 0 aliphatic heterocycles. The number of carbonyl (C=O) groups excluding carboxylic acids is 1. The van der Waals surface area contributed by atoms with Crippen LogP contribution in [0.2, 0.25) is 0 Å². The first-order chi connectivity index (χ1) is 9.03. The van der Waals surface area contributed by atoms with Crippen molar-refractivity contribution in [2.24, 2.45) is 5.73 Å². The Morgan fingerprint density at radius 3 is 2.42 bits per heavy atom. The van der Waals surface area contributed by atoms with Gasteiger partial charge in [-0.1, -0.05) is 0 Å². The van der Waals surface area contributed by atoms with Crippen molar-refractivity contribution in [3.05, 3.63) is 17.7 Å². The van der Waals surface area contributed by atoms with Crippen LogP contribution in [0.1, 0.15) is 12.5 Å². The van der Waals surface area contributed by atoms with Crippen LogP contribution < -0.4 is 20.5 Å². The van der Waals surface area contributed by atoms with Crippen LogP contribution in [-0.2, 0) is 11.3 Å². The summed E-state index contributed by atoms with van der Waals surface area (Å²) >= 11 is 1.61. The van der Waals surface area contributed by atoms with Gasteiger partial charge >= 0.3 is 0 Å². The van der Waals surface area contributed by atoms with Crippen LogP contribution in [0.25, 0.3) is 0 Å². The van der Waals surface area contributed by atoms with Gasteiger partial charge in [-0.15, -0.1) is 11.8 Å². The van der Waals surface area contributed by atoms with Crippen molar-refractivity contribution in [3.63, 3.8) is 0 Å². The summed E-state index contributed by atoms with van der Waals surface area (Å²) in [6.45, 7) is 2.28. The standard InChI is InChI=1S/C13H20N2O3S/c1-8(13(14)16)15-7-9-5-10(17-2)11(18-3)6-12(9)19-4/h5-6,8,15H,7H2,1-4H3,(H2,14,16). The lowest BCUT2D eigenvalue weighted by molar-refractivity contribution is -0.119. The van der Waals surface area contributed by atoms with Crippen molar-refractivity contribution in [1.82, 2.24) is 5.32 Å². The maximum atomic E-state index is 11.0. The summed E-state index contributed by atoms with van der Waals surface area (Å²) in [5.41, 5.74) is 6.26. The highest BCUT2D eigenvalue weighted by atomic mass is 32.2. The smallest absolute Gasteiger partial charge is 0.234 e.